The molecule has 0 radical (unpaired) electrons. The number of amides is 1. The van der Waals surface area contributed by atoms with Gasteiger partial charge < -0.3 is 15.7 Å². The molecule has 0 aliphatic carbocycles. The van der Waals surface area contributed by atoms with Crippen LogP contribution >= 0.6 is 0 Å². The van der Waals surface area contributed by atoms with Crippen LogP contribution in [0.15, 0.2) is 18.2 Å². The third-order valence-electron chi connectivity index (χ3n) is 2.99. The smallest absolute Gasteiger partial charge is 0.224 e. The fourth-order valence-electron chi connectivity index (χ4n) is 1.78. The molecule has 0 aromatic heterocycles. The number of unbranched alkanes of at least 4 members (excludes halogenated alkanes) is 2. The molecule has 106 valence electrons. The van der Waals surface area contributed by atoms with Crippen LogP contribution in [0.25, 0.3) is 0 Å². The lowest BCUT2D eigenvalue weighted by Crippen LogP contribution is -2.10. The summed E-state index contributed by atoms with van der Waals surface area (Å²) in [5.74, 6) is 0.0257. The molecular weight excluding hydrogens is 240 g/mol. The summed E-state index contributed by atoms with van der Waals surface area (Å²) in [6, 6.07) is 5.89. The predicted molar refractivity (Wildman–Crippen MR) is 79.5 cm³/mol. The van der Waals surface area contributed by atoms with Crippen molar-refractivity contribution in [1.29, 1.82) is 0 Å². The molecule has 0 aliphatic heterocycles. The van der Waals surface area contributed by atoms with Crippen LogP contribution < -0.4 is 10.6 Å². The molecule has 3 N–H and O–H groups in total. The minimum Gasteiger partial charge on any atom is -0.396 e. The summed E-state index contributed by atoms with van der Waals surface area (Å²) in [7, 11) is 0. The summed E-state index contributed by atoms with van der Waals surface area (Å²) in [6.07, 6.45) is 3.39. The molecule has 0 bridgehead atoms. The zero-order chi connectivity index (χ0) is 14.1. The molecule has 0 atom stereocenters. The topological polar surface area (TPSA) is 61.4 Å². The maximum atomic E-state index is 11.4. The van der Waals surface area contributed by atoms with E-state index in [4.69, 9.17) is 5.11 Å². The van der Waals surface area contributed by atoms with Gasteiger partial charge in [-0.25, -0.2) is 0 Å². The molecule has 0 saturated carbocycles. The molecule has 4 nitrogen and oxygen atoms in total. The molecule has 0 unspecified atom stereocenters. The van der Waals surface area contributed by atoms with Gasteiger partial charge in [0.25, 0.3) is 0 Å². The van der Waals surface area contributed by atoms with Gasteiger partial charge >= 0.3 is 0 Å². The van der Waals surface area contributed by atoms with Gasteiger partial charge in [0.2, 0.25) is 5.91 Å². The van der Waals surface area contributed by atoms with Gasteiger partial charge in [0.15, 0.2) is 0 Å². The molecule has 0 spiro atoms. The van der Waals surface area contributed by atoms with Crippen molar-refractivity contribution in [2.45, 2.75) is 39.5 Å². The van der Waals surface area contributed by atoms with Crippen molar-refractivity contribution in [2.24, 2.45) is 0 Å². The summed E-state index contributed by atoms with van der Waals surface area (Å²) in [5.41, 5.74) is 3.05. The maximum absolute atomic E-state index is 11.4. The Kier molecular flexibility index (Phi) is 6.97. The Morgan fingerprint density at radius 1 is 1.26 bits per heavy atom. The lowest BCUT2D eigenvalue weighted by atomic mass is 10.1. The zero-order valence-electron chi connectivity index (χ0n) is 11.8. The molecule has 19 heavy (non-hydrogen) atoms. The molecule has 1 rings (SSSR count). The van der Waals surface area contributed by atoms with Crippen LogP contribution in [-0.2, 0) is 4.79 Å². The van der Waals surface area contributed by atoms with Crippen LogP contribution in [0.2, 0.25) is 0 Å². The Bertz CT molecular complexity index is 405. The monoisotopic (exact) mass is 264 g/mol. The standard InChI is InChI=1S/C15H24N2O2/c1-3-15(19)17-13-8-7-12(2)14(11-13)16-9-5-4-6-10-18/h7-8,11,16,18H,3-6,9-10H2,1-2H3,(H,17,19). The van der Waals surface area contributed by atoms with E-state index in [1.165, 1.54) is 0 Å². The van der Waals surface area contributed by atoms with E-state index in [0.29, 0.717) is 6.42 Å². The quantitative estimate of drug-likeness (QED) is 0.633. The highest BCUT2D eigenvalue weighted by molar-refractivity contribution is 5.91. The Balaban J connectivity index is 2.51. The van der Waals surface area contributed by atoms with Crippen molar-refractivity contribution in [1.82, 2.24) is 0 Å². The lowest BCUT2D eigenvalue weighted by molar-refractivity contribution is -0.115. The second-order valence-corrected chi connectivity index (χ2v) is 4.64. The number of aliphatic hydroxyl groups is 1. The highest BCUT2D eigenvalue weighted by atomic mass is 16.2. The first-order valence-electron chi connectivity index (χ1n) is 6.92. The lowest BCUT2D eigenvalue weighted by Gasteiger charge is -2.12. The van der Waals surface area contributed by atoms with Gasteiger partial charge in [-0.3, -0.25) is 4.79 Å². The summed E-state index contributed by atoms with van der Waals surface area (Å²) in [5, 5.41) is 14.9. The van der Waals surface area contributed by atoms with Crippen LogP contribution in [-0.4, -0.2) is 24.2 Å². The zero-order valence-corrected chi connectivity index (χ0v) is 11.8. The van der Waals surface area contributed by atoms with Crippen LogP contribution in [0, 0.1) is 6.92 Å². The summed E-state index contributed by atoms with van der Waals surface area (Å²) in [6.45, 7) is 5.02. The number of rotatable bonds is 8. The summed E-state index contributed by atoms with van der Waals surface area (Å²) in [4.78, 5) is 11.4. The second kappa shape index (κ2) is 8.53. The molecule has 0 fully saturated rings. The number of aryl methyl sites for hydroxylation is 1. The van der Waals surface area contributed by atoms with E-state index in [0.717, 1.165) is 42.7 Å². The Hall–Kier alpha value is -1.55. The number of anilines is 2. The highest BCUT2D eigenvalue weighted by Crippen LogP contribution is 2.20. The second-order valence-electron chi connectivity index (χ2n) is 4.64. The fourth-order valence-corrected chi connectivity index (χ4v) is 1.78. The van der Waals surface area contributed by atoms with E-state index in [2.05, 4.69) is 10.6 Å². The fraction of sp³-hybridized carbons (Fsp3) is 0.533. The molecule has 1 amide bonds. The van der Waals surface area contributed by atoms with Gasteiger partial charge in [-0.05, 0) is 43.9 Å². The third kappa shape index (κ3) is 5.75. The third-order valence-corrected chi connectivity index (χ3v) is 2.99. The Morgan fingerprint density at radius 2 is 2.05 bits per heavy atom. The number of hydrogen-bond acceptors (Lipinski definition) is 3. The van der Waals surface area contributed by atoms with Gasteiger partial charge in [-0.15, -0.1) is 0 Å². The number of nitrogens with one attached hydrogen (secondary N) is 2. The molecule has 0 heterocycles. The van der Waals surface area contributed by atoms with E-state index in [1.54, 1.807) is 0 Å². The van der Waals surface area contributed by atoms with E-state index in [1.807, 2.05) is 32.0 Å². The van der Waals surface area contributed by atoms with Crippen molar-refractivity contribution < 1.29 is 9.90 Å². The van der Waals surface area contributed by atoms with E-state index in [9.17, 15) is 4.79 Å². The summed E-state index contributed by atoms with van der Waals surface area (Å²) >= 11 is 0. The van der Waals surface area contributed by atoms with Crippen LogP contribution in [0.5, 0.6) is 0 Å². The van der Waals surface area contributed by atoms with Gasteiger partial charge in [-0.2, -0.15) is 0 Å². The number of carbonyl (C=O) groups is 1. The highest BCUT2D eigenvalue weighted by Gasteiger charge is 2.02. The first-order chi connectivity index (χ1) is 9.17. The number of hydrogen-bond donors (Lipinski definition) is 3. The molecule has 1 aromatic carbocycles. The first kappa shape index (κ1) is 15.5. The average Bonchev–Trinajstić information content (AvgIpc) is 2.41. The minimum absolute atomic E-state index is 0.0257. The van der Waals surface area contributed by atoms with Crippen molar-refractivity contribution in [3.8, 4) is 0 Å². The van der Waals surface area contributed by atoms with Gasteiger partial charge in [0.05, 0.1) is 0 Å². The number of aliphatic hydroxyl groups excluding tert-OH is 1. The van der Waals surface area contributed by atoms with Crippen molar-refractivity contribution >= 4 is 17.3 Å². The Labute approximate surface area is 115 Å². The van der Waals surface area contributed by atoms with Crippen LogP contribution in [0.4, 0.5) is 11.4 Å². The number of carbonyl (C=O) groups excluding carboxylic acids is 1. The molecule has 1 aromatic rings. The summed E-state index contributed by atoms with van der Waals surface area (Å²) < 4.78 is 0. The molecule has 0 saturated heterocycles. The van der Waals surface area contributed by atoms with Crippen LogP contribution in [0.3, 0.4) is 0 Å². The van der Waals surface area contributed by atoms with Gasteiger partial charge in [-0.1, -0.05) is 13.0 Å². The van der Waals surface area contributed by atoms with Crippen molar-refractivity contribution in [3.63, 3.8) is 0 Å². The molecule has 0 aliphatic rings. The normalized spacial score (nSPS) is 10.3. The number of benzene rings is 1. The largest absolute Gasteiger partial charge is 0.396 e. The molecule has 4 heteroatoms. The van der Waals surface area contributed by atoms with Crippen molar-refractivity contribution in [2.75, 3.05) is 23.8 Å². The van der Waals surface area contributed by atoms with Gasteiger partial charge in [0.1, 0.15) is 0 Å². The predicted octanol–water partition coefficient (Wildman–Crippen LogP) is 2.92. The first-order valence-corrected chi connectivity index (χ1v) is 6.92. The van der Waals surface area contributed by atoms with E-state index >= 15 is 0 Å². The van der Waals surface area contributed by atoms with Gasteiger partial charge in [0, 0.05) is 30.9 Å². The average molecular weight is 264 g/mol. The van der Waals surface area contributed by atoms with Crippen LogP contribution in [0.1, 0.15) is 38.2 Å². The van der Waals surface area contributed by atoms with E-state index < -0.39 is 0 Å². The maximum Gasteiger partial charge on any atom is 0.224 e. The van der Waals surface area contributed by atoms with E-state index in [-0.39, 0.29) is 12.5 Å². The molecular formula is C15H24N2O2. The van der Waals surface area contributed by atoms with Crippen molar-refractivity contribution in [3.05, 3.63) is 23.8 Å². The SMILES string of the molecule is CCC(=O)Nc1ccc(C)c(NCCCCCO)c1. The Morgan fingerprint density at radius 3 is 2.74 bits per heavy atom. The minimum atomic E-state index is 0.0257.